The van der Waals surface area contributed by atoms with Gasteiger partial charge in [0.1, 0.15) is 16.0 Å². The van der Waals surface area contributed by atoms with Gasteiger partial charge in [-0.25, -0.2) is 9.78 Å². The molecule has 4 nitrogen and oxygen atoms in total. The molecule has 84 valence electrons. The van der Waals surface area contributed by atoms with E-state index in [0.717, 1.165) is 9.92 Å². The Labute approximate surface area is 106 Å². The van der Waals surface area contributed by atoms with Gasteiger partial charge in [-0.15, -0.1) is 11.3 Å². The SMILES string of the molecule is N#Cc1ccc(Sc2csc(C(=O)O)c2)nc1. The lowest BCUT2D eigenvalue weighted by molar-refractivity contribution is 0.0702. The zero-order chi connectivity index (χ0) is 12.3. The number of hydrogen-bond acceptors (Lipinski definition) is 5. The van der Waals surface area contributed by atoms with Crippen LogP contribution in [0.2, 0.25) is 0 Å². The third kappa shape index (κ3) is 2.84. The molecule has 0 aliphatic rings. The lowest BCUT2D eigenvalue weighted by Gasteiger charge is -1.96. The molecule has 0 bridgehead atoms. The molecule has 0 spiro atoms. The van der Waals surface area contributed by atoms with Gasteiger partial charge in [0.25, 0.3) is 0 Å². The molecule has 0 saturated heterocycles. The van der Waals surface area contributed by atoms with Crippen LogP contribution in [0.4, 0.5) is 0 Å². The minimum absolute atomic E-state index is 0.307. The van der Waals surface area contributed by atoms with Crippen molar-refractivity contribution >= 4 is 29.1 Å². The number of hydrogen-bond donors (Lipinski definition) is 1. The van der Waals surface area contributed by atoms with Crippen LogP contribution in [0, 0.1) is 11.3 Å². The summed E-state index contributed by atoms with van der Waals surface area (Å²) in [5.74, 6) is -0.922. The highest BCUT2D eigenvalue weighted by molar-refractivity contribution is 7.99. The quantitative estimate of drug-likeness (QED) is 0.920. The summed E-state index contributed by atoms with van der Waals surface area (Å²) in [5.41, 5.74) is 0.505. The van der Waals surface area contributed by atoms with E-state index in [9.17, 15) is 4.79 Å². The molecule has 2 heterocycles. The van der Waals surface area contributed by atoms with Crippen molar-refractivity contribution in [2.45, 2.75) is 9.92 Å². The van der Waals surface area contributed by atoms with Gasteiger partial charge < -0.3 is 5.11 Å². The molecule has 0 amide bonds. The number of aromatic nitrogens is 1. The first-order valence-electron chi connectivity index (χ1n) is 4.55. The lowest BCUT2D eigenvalue weighted by Crippen LogP contribution is -1.89. The molecule has 0 atom stereocenters. The van der Waals surface area contributed by atoms with Crippen molar-refractivity contribution < 1.29 is 9.90 Å². The minimum atomic E-state index is -0.922. The molecule has 1 N–H and O–H groups in total. The lowest BCUT2D eigenvalue weighted by atomic mass is 10.3. The Balaban J connectivity index is 2.14. The normalized spacial score (nSPS) is 9.82. The molecule has 0 unspecified atom stereocenters. The Kier molecular flexibility index (Phi) is 3.42. The predicted octanol–water partition coefficient (Wildman–Crippen LogP) is 2.86. The number of carboxylic acid groups (broad SMARTS) is 1. The fourth-order valence-electron chi connectivity index (χ4n) is 1.11. The van der Waals surface area contributed by atoms with Gasteiger partial charge in [-0.2, -0.15) is 5.26 Å². The van der Waals surface area contributed by atoms with Gasteiger partial charge in [-0.3, -0.25) is 0 Å². The van der Waals surface area contributed by atoms with Crippen LogP contribution in [0.25, 0.3) is 0 Å². The summed E-state index contributed by atoms with van der Waals surface area (Å²) in [5, 5.41) is 19.9. The molecular weight excluding hydrogens is 256 g/mol. The van der Waals surface area contributed by atoms with E-state index in [1.807, 2.05) is 6.07 Å². The largest absolute Gasteiger partial charge is 0.477 e. The van der Waals surface area contributed by atoms with Crippen LogP contribution in [0.3, 0.4) is 0 Å². The third-order valence-electron chi connectivity index (χ3n) is 1.87. The van der Waals surface area contributed by atoms with Crippen LogP contribution >= 0.6 is 23.1 Å². The fourth-order valence-corrected chi connectivity index (χ4v) is 2.79. The van der Waals surface area contributed by atoms with Crippen LogP contribution in [0.15, 0.2) is 39.7 Å². The standard InChI is InChI=1S/C11H6N2O2S2/c12-4-7-1-2-10(13-5-7)17-8-3-9(11(14)15)16-6-8/h1-3,5-6H,(H,14,15). The number of thiophene rings is 1. The molecule has 0 aliphatic heterocycles. The second-order valence-electron chi connectivity index (χ2n) is 3.05. The van der Waals surface area contributed by atoms with Crippen molar-refractivity contribution in [3.05, 3.63) is 40.2 Å². The van der Waals surface area contributed by atoms with E-state index >= 15 is 0 Å². The van der Waals surface area contributed by atoms with E-state index in [-0.39, 0.29) is 0 Å². The molecule has 0 fully saturated rings. The number of carboxylic acids is 1. The van der Waals surface area contributed by atoms with Gasteiger partial charge in [-0.1, -0.05) is 11.8 Å². The van der Waals surface area contributed by atoms with E-state index in [0.29, 0.717) is 10.4 Å². The van der Waals surface area contributed by atoms with Gasteiger partial charge in [-0.05, 0) is 18.2 Å². The number of pyridine rings is 1. The molecule has 2 aromatic heterocycles. The van der Waals surface area contributed by atoms with Gasteiger partial charge in [0.2, 0.25) is 0 Å². The van der Waals surface area contributed by atoms with Crippen molar-refractivity contribution in [3.8, 4) is 6.07 Å². The van der Waals surface area contributed by atoms with Crippen LogP contribution in [0.5, 0.6) is 0 Å². The monoisotopic (exact) mass is 262 g/mol. The first-order chi connectivity index (χ1) is 8.19. The third-order valence-corrected chi connectivity index (χ3v) is 3.86. The summed E-state index contributed by atoms with van der Waals surface area (Å²) in [6.07, 6.45) is 1.49. The van der Waals surface area contributed by atoms with Gasteiger partial charge in [0.15, 0.2) is 0 Å². The Bertz CT molecular complexity index is 584. The van der Waals surface area contributed by atoms with E-state index in [1.165, 1.54) is 29.3 Å². The second-order valence-corrected chi connectivity index (χ2v) is 5.06. The number of carbonyl (C=O) groups is 1. The summed E-state index contributed by atoms with van der Waals surface area (Å²) in [7, 11) is 0. The van der Waals surface area contributed by atoms with E-state index in [4.69, 9.17) is 10.4 Å². The topological polar surface area (TPSA) is 74.0 Å². The summed E-state index contributed by atoms with van der Waals surface area (Å²) in [6, 6.07) is 7.02. The van der Waals surface area contributed by atoms with Crippen LogP contribution in [-0.4, -0.2) is 16.1 Å². The smallest absolute Gasteiger partial charge is 0.345 e. The maximum Gasteiger partial charge on any atom is 0.345 e. The van der Waals surface area contributed by atoms with Crippen molar-refractivity contribution in [1.29, 1.82) is 5.26 Å². The minimum Gasteiger partial charge on any atom is -0.477 e. The van der Waals surface area contributed by atoms with Gasteiger partial charge in [0, 0.05) is 16.5 Å². The number of aromatic carboxylic acids is 1. The van der Waals surface area contributed by atoms with Crippen LogP contribution < -0.4 is 0 Å². The summed E-state index contributed by atoms with van der Waals surface area (Å²) < 4.78 is 0. The van der Waals surface area contributed by atoms with E-state index < -0.39 is 5.97 Å². The zero-order valence-corrected chi connectivity index (χ0v) is 10.1. The highest BCUT2D eigenvalue weighted by Crippen LogP contribution is 2.30. The molecule has 2 aromatic rings. The van der Waals surface area contributed by atoms with E-state index in [2.05, 4.69) is 4.98 Å². The Hall–Kier alpha value is -1.84. The summed E-state index contributed by atoms with van der Waals surface area (Å²) in [4.78, 5) is 15.9. The maximum atomic E-state index is 10.7. The molecule has 0 aliphatic carbocycles. The first kappa shape index (κ1) is 11.6. The van der Waals surface area contributed by atoms with E-state index in [1.54, 1.807) is 23.6 Å². The molecule has 6 heteroatoms. The highest BCUT2D eigenvalue weighted by atomic mass is 32.2. The number of rotatable bonds is 3. The first-order valence-corrected chi connectivity index (χ1v) is 6.24. The average molecular weight is 262 g/mol. The Morgan fingerprint density at radius 1 is 1.53 bits per heavy atom. The Morgan fingerprint density at radius 3 is 2.88 bits per heavy atom. The van der Waals surface area contributed by atoms with Crippen molar-refractivity contribution in [2.75, 3.05) is 0 Å². The molecule has 2 rings (SSSR count). The van der Waals surface area contributed by atoms with Gasteiger partial charge in [0.05, 0.1) is 5.56 Å². The Morgan fingerprint density at radius 2 is 2.35 bits per heavy atom. The van der Waals surface area contributed by atoms with Crippen molar-refractivity contribution in [3.63, 3.8) is 0 Å². The predicted molar refractivity (Wildman–Crippen MR) is 64.4 cm³/mol. The van der Waals surface area contributed by atoms with Crippen molar-refractivity contribution in [2.24, 2.45) is 0 Å². The molecular formula is C11H6N2O2S2. The zero-order valence-electron chi connectivity index (χ0n) is 8.45. The highest BCUT2D eigenvalue weighted by Gasteiger charge is 2.08. The molecule has 0 radical (unpaired) electrons. The summed E-state index contributed by atoms with van der Waals surface area (Å²) in [6.45, 7) is 0. The average Bonchev–Trinajstić information content (AvgIpc) is 2.79. The molecule has 0 aromatic carbocycles. The maximum absolute atomic E-state index is 10.7. The van der Waals surface area contributed by atoms with Crippen molar-refractivity contribution in [1.82, 2.24) is 4.98 Å². The second kappa shape index (κ2) is 4.99. The molecule has 17 heavy (non-hydrogen) atoms. The number of nitrogens with zero attached hydrogens (tertiary/aromatic N) is 2. The van der Waals surface area contributed by atoms with Gasteiger partial charge >= 0.3 is 5.97 Å². The van der Waals surface area contributed by atoms with Crippen LogP contribution in [-0.2, 0) is 0 Å². The van der Waals surface area contributed by atoms with Crippen LogP contribution in [0.1, 0.15) is 15.2 Å². The number of nitriles is 1. The molecule has 0 saturated carbocycles. The summed E-state index contributed by atoms with van der Waals surface area (Å²) >= 11 is 2.56. The fraction of sp³-hybridized carbons (Fsp3) is 0.